The highest BCUT2D eigenvalue weighted by Gasteiger charge is 2.20. The molecule has 1 aromatic carbocycles. The zero-order valence-electron chi connectivity index (χ0n) is 16.5. The Bertz CT molecular complexity index is 846. The van der Waals surface area contributed by atoms with Gasteiger partial charge in [0.2, 0.25) is 5.91 Å². The summed E-state index contributed by atoms with van der Waals surface area (Å²) in [5.74, 6) is -1.20. The Labute approximate surface area is 169 Å². The van der Waals surface area contributed by atoms with E-state index in [0.29, 0.717) is 24.7 Å². The lowest BCUT2D eigenvalue weighted by atomic mass is 10.1. The standard InChI is InChI=1S/C21H26FN5O2/c1-27-10-2-3-19(27)6-7-25-21(29)15-11-16(22)13-18(12-15)26-20(28)5-4-17-14-23-8-9-24-17/h8-9,11-14,19H,2-7,10H2,1H3,(H,25,29)(H,26,28). The Morgan fingerprint density at radius 2 is 2.14 bits per heavy atom. The molecule has 2 aromatic rings. The maximum absolute atomic E-state index is 14.0. The van der Waals surface area contributed by atoms with Crippen LogP contribution in [0.5, 0.6) is 0 Å². The van der Waals surface area contributed by atoms with Crippen LogP contribution in [0, 0.1) is 5.82 Å². The van der Waals surface area contributed by atoms with Crippen LogP contribution in [-0.4, -0.2) is 52.9 Å². The van der Waals surface area contributed by atoms with Crippen molar-refractivity contribution in [2.75, 3.05) is 25.5 Å². The quantitative estimate of drug-likeness (QED) is 0.712. The first-order valence-electron chi connectivity index (χ1n) is 9.85. The number of halogens is 1. The maximum atomic E-state index is 14.0. The van der Waals surface area contributed by atoms with Crippen LogP contribution in [0.15, 0.2) is 36.8 Å². The van der Waals surface area contributed by atoms with Crippen LogP contribution in [-0.2, 0) is 11.2 Å². The molecule has 8 heteroatoms. The van der Waals surface area contributed by atoms with E-state index in [2.05, 4.69) is 32.5 Å². The van der Waals surface area contributed by atoms with Gasteiger partial charge in [0.25, 0.3) is 5.91 Å². The summed E-state index contributed by atoms with van der Waals surface area (Å²) in [6.45, 7) is 1.62. The first kappa shape index (κ1) is 20.9. The summed E-state index contributed by atoms with van der Waals surface area (Å²) in [6.07, 6.45) is 8.52. The van der Waals surface area contributed by atoms with Crippen LogP contribution in [0.2, 0.25) is 0 Å². The molecule has 0 saturated carbocycles. The monoisotopic (exact) mass is 399 g/mol. The molecule has 2 N–H and O–H groups in total. The number of anilines is 1. The van der Waals surface area contributed by atoms with E-state index in [4.69, 9.17) is 0 Å². The summed E-state index contributed by atoms with van der Waals surface area (Å²) in [5, 5.41) is 5.48. The van der Waals surface area contributed by atoms with Crippen LogP contribution < -0.4 is 10.6 Å². The predicted octanol–water partition coefficient (Wildman–Crippen LogP) is 2.40. The number of aryl methyl sites for hydroxylation is 1. The van der Waals surface area contributed by atoms with Gasteiger partial charge in [0.1, 0.15) is 5.82 Å². The molecule has 3 rings (SSSR count). The largest absolute Gasteiger partial charge is 0.352 e. The van der Waals surface area contributed by atoms with Gasteiger partial charge < -0.3 is 15.5 Å². The number of hydrogen-bond acceptors (Lipinski definition) is 5. The molecule has 0 aliphatic carbocycles. The molecule has 154 valence electrons. The lowest BCUT2D eigenvalue weighted by Crippen LogP contribution is -2.31. The second kappa shape index (κ2) is 10.1. The lowest BCUT2D eigenvalue weighted by molar-refractivity contribution is -0.116. The number of benzene rings is 1. The van der Waals surface area contributed by atoms with E-state index in [1.165, 1.54) is 24.6 Å². The highest BCUT2D eigenvalue weighted by molar-refractivity contribution is 5.97. The first-order chi connectivity index (χ1) is 14.0. The minimum atomic E-state index is -0.572. The normalized spacial score (nSPS) is 16.6. The van der Waals surface area contributed by atoms with E-state index in [1.807, 2.05) is 0 Å². The number of aromatic nitrogens is 2. The van der Waals surface area contributed by atoms with Crippen molar-refractivity contribution in [3.63, 3.8) is 0 Å². The van der Waals surface area contributed by atoms with Crippen molar-refractivity contribution in [2.24, 2.45) is 0 Å². The molecule has 29 heavy (non-hydrogen) atoms. The van der Waals surface area contributed by atoms with Crippen LogP contribution in [0.4, 0.5) is 10.1 Å². The van der Waals surface area contributed by atoms with E-state index < -0.39 is 5.82 Å². The first-order valence-corrected chi connectivity index (χ1v) is 9.85. The van der Waals surface area contributed by atoms with Gasteiger partial charge in [-0.1, -0.05) is 0 Å². The van der Waals surface area contributed by atoms with Crippen molar-refractivity contribution < 1.29 is 14.0 Å². The average Bonchev–Trinajstić information content (AvgIpc) is 3.11. The SMILES string of the molecule is CN1CCCC1CCNC(=O)c1cc(F)cc(NC(=O)CCc2cnccn2)c1. The van der Waals surface area contributed by atoms with Crippen LogP contribution in [0.25, 0.3) is 0 Å². The van der Waals surface area contributed by atoms with Crippen LogP contribution in [0.1, 0.15) is 41.7 Å². The number of nitrogens with zero attached hydrogens (tertiary/aromatic N) is 3. The van der Waals surface area contributed by atoms with Gasteiger partial charge in [-0.15, -0.1) is 0 Å². The molecule has 1 aliphatic rings. The van der Waals surface area contributed by atoms with Gasteiger partial charge in [-0.3, -0.25) is 19.6 Å². The fraction of sp³-hybridized carbons (Fsp3) is 0.429. The molecular weight excluding hydrogens is 373 g/mol. The number of likely N-dealkylation sites (tertiary alicyclic amines) is 1. The molecule has 1 aromatic heterocycles. The summed E-state index contributed by atoms with van der Waals surface area (Å²) in [4.78, 5) is 34.9. The van der Waals surface area contributed by atoms with Crippen LogP contribution >= 0.6 is 0 Å². The molecule has 1 saturated heterocycles. The molecule has 0 spiro atoms. The Morgan fingerprint density at radius 3 is 2.86 bits per heavy atom. The van der Waals surface area contributed by atoms with Crippen molar-refractivity contribution in [3.8, 4) is 0 Å². The molecule has 1 atom stereocenters. The van der Waals surface area contributed by atoms with E-state index in [-0.39, 0.29) is 29.5 Å². The van der Waals surface area contributed by atoms with Gasteiger partial charge >= 0.3 is 0 Å². The average molecular weight is 399 g/mol. The minimum absolute atomic E-state index is 0.186. The van der Waals surface area contributed by atoms with Gasteiger partial charge in [-0.2, -0.15) is 0 Å². The van der Waals surface area contributed by atoms with Gasteiger partial charge in [-0.05, 0) is 57.5 Å². The van der Waals surface area contributed by atoms with Gasteiger partial charge in [-0.25, -0.2) is 4.39 Å². The number of carbonyl (C=O) groups excluding carboxylic acids is 2. The molecule has 1 aliphatic heterocycles. The number of carbonyl (C=O) groups is 2. The summed E-state index contributed by atoms with van der Waals surface area (Å²) in [6, 6.07) is 4.34. The second-order valence-electron chi connectivity index (χ2n) is 7.29. The summed E-state index contributed by atoms with van der Waals surface area (Å²) in [7, 11) is 2.09. The van der Waals surface area contributed by atoms with Crippen molar-refractivity contribution in [3.05, 3.63) is 53.9 Å². The smallest absolute Gasteiger partial charge is 0.251 e. The van der Waals surface area contributed by atoms with Gasteiger partial charge in [0.05, 0.1) is 5.69 Å². The summed E-state index contributed by atoms with van der Waals surface area (Å²) >= 11 is 0. The Morgan fingerprint density at radius 1 is 1.28 bits per heavy atom. The van der Waals surface area contributed by atoms with Crippen molar-refractivity contribution in [1.82, 2.24) is 20.2 Å². The lowest BCUT2D eigenvalue weighted by Gasteiger charge is -2.19. The summed E-state index contributed by atoms with van der Waals surface area (Å²) in [5.41, 5.74) is 1.15. The highest BCUT2D eigenvalue weighted by atomic mass is 19.1. The molecule has 2 heterocycles. The third kappa shape index (κ3) is 6.32. The topological polar surface area (TPSA) is 87.2 Å². The van der Waals surface area contributed by atoms with Crippen molar-refractivity contribution in [1.29, 1.82) is 0 Å². The third-order valence-corrected chi connectivity index (χ3v) is 5.10. The fourth-order valence-corrected chi connectivity index (χ4v) is 3.52. The third-order valence-electron chi connectivity index (χ3n) is 5.10. The van der Waals surface area contributed by atoms with Gasteiger partial charge in [0, 0.05) is 48.8 Å². The zero-order valence-corrected chi connectivity index (χ0v) is 16.5. The Balaban J connectivity index is 1.51. The van der Waals surface area contributed by atoms with Crippen molar-refractivity contribution in [2.45, 2.75) is 38.1 Å². The number of amides is 2. The van der Waals surface area contributed by atoms with Gasteiger partial charge in [0.15, 0.2) is 0 Å². The number of nitrogens with one attached hydrogen (secondary N) is 2. The summed E-state index contributed by atoms with van der Waals surface area (Å²) < 4.78 is 14.0. The molecule has 0 bridgehead atoms. The molecular formula is C21H26FN5O2. The molecule has 2 amide bonds. The number of hydrogen-bond donors (Lipinski definition) is 2. The minimum Gasteiger partial charge on any atom is -0.352 e. The van der Waals surface area contributed by atoms with Crippen molar-refractivity contribution >= 4 is 17.5 Å². The molecule has 0 radical (unpaired) electrons. The highest BCUT2D eigenvalue weighted by Crippen LogP contribution is 2.18. The fourth-order valence-electron chi connectivity index (χ4n) is 3.52. The van der Waals surface area contributed by atoms with E-state index >= 15 is 0 Å². The Kier molecular flexibility index (Phi) is 7.24. The Hall–Kier alpha value is -2.87. The number of rotatable bonds is 8. The molecule has 1 unspecified atom stereocenters. The predicted molar refractivity (Wildman–Crippen MR) is 108 cm³/mol. The van der Waals surface area contributed by atoms with E-state index in [9.17, 15) is 14.0 Å². The second-order valence-corrected chi connectivity index (χ2v) is 7.29. The van der Waals surface area contributed by atoms with E-state index in [1.54, 1.807) is 18.6 Å². The molecule has 1 fully saturated rings. The zero-order chi connectivity index (χ0) is 20.6. The van der Waals surface area contributed by atoms with E-state index in [0.717, 1.165) is 19.4 Å². The maximum Gasteiger partial charge on any atom is 0.251 e. The molecule has 7 nitrogen and oxygen atoms in total. The van der Waals surface area contributed by atoms with Crippen LogP contribution in [0.3, 0.4) is 0 Å².